The molecule has 0 unspecified atom stereocenters. The number of carbonyl (C=O) groups excluding carboxylic acids is 2. The minimum absolute atomic E-state index is 0.0936. The molecule has 1 aliphatic rings. The van der Waals surface area contributed by atoms with Crippen molar-refractivity contribution in [2.24, 2.45) is 0 Å². The van der Waals surface area contributed by atoms with Gasteiger partial charge in [-0.2, -0.15) is 5.26 Å². The summed E-state index contributed by atoms with van der Waals surface area (Å²) in [6, 6.07) is 14.4. The number of rotatable bonds is 6. The molecule has 0 N–H and O–H groups in total. The van der Waals surface area contributed by atoms with Crippen LogP contribution < -0.4 is 9.47 Å². The monoisotopic (exact) mass is 458 g/mol. The lowest BCUT2D eigenvalue weighted by Gasteiger charge is -2.13. The molecule has 0 spiro atoms. The molecule has 1 aliphatic heterocycles. The van der Waals surface area contributed by atoms with Crippen molar-refractivity contribution < 1.29 is 19.1 Å². The van der Waals surface area contributed by atoms with Crippen LogP contribution in [0.5, 0.6) is 11.5 Å². The number of thioether (sulfide) groups is 1. The van der Waals surface area contributed by atoms with Crippen molar-refractivity contribution in [3.63, 3.8) is 0 Å². The van der Waals surface area contributed by atoms with E-state index in [1.54, 1.807) is 24.3 Å². The molecule has 28 heavy (non-hydrogen) atoms. The van der Waals surface area contributed by atoms with Gasteiger partial charge in [0.1, 0.15) is 6.07 Å². The van der Waals surface area contributed by atoms with E-state index in [0.29, 0.717) is 22.0 Å². The highest BCUT2D eigenvalue weighted by Crippen LogP contribution is 2.35. The fraction of sp³-hybridized carbons (Fsp3) is 0.150. The largest absolute Gasteiger partial charge is 0.493 e. The molecular weight excluding hydrogens is 444 g/mol. The molecule has 0 aromatic heterocycles. The van der Waals surface area contributed by atoms with Gasteiger partial charge in [-0.15, -0.1) is 0 Å². The predicted molar refractivity (Wildman–Crippen MR) is 110 cm³/mol. The first-order valence-corrected chi connectivity index (χ1v) is 9.81. The average Bonchev–Trinajstić information content (AvgIpc) is 2.95. The third kappa shape index (κ3) is 4.38. The molecule has 8 heteroatoms. The van der Waals surface area contributed by atoms with E-state index < -0.39 is 0 Å². The highest BCUT2D eigenvalue weighted by atomic mass is 79.9. The zero-order chi connectivity index (χ0) is 20.1. The van der Waals surface area contributed by atoms with Crippen molar-refractivity contribution in [1.29, 1.82) is 5.26 Å². The lowest BCUT2D eigenvalue weighted by molar-refractivity contribution is -0.123. The van der Waals surface area contributed by atoms with E-state index in [1.165, 1.54) is 12.0 Å². The van der Waals surface area contributed by atoms with Crippen LogP contribution in [0.2, 0.25) is 0 Å². The second-order valence-electron chi connectivity index (χ2n) is 5.72. The lowest BCUT2D eigenvalue weighted by Crippen LogP contribution is -2.27. The molecule has 0 atom stereocenters. The van der Waals surface area contributed by atoms with Gasteiger partial charge >= 0.3 is 0 Å². The molecular formula is C20H15BrN2O4S. The molecule has 0 radical (unpaired) electrons. The molecule has 2 aromatic carbocycles. The van der Waals surface area contributed by atoms with E-state index in [9.17, 15) is 9.59 Å². The number of carbonyl (C=O) groups is 2. The van der Waals surface area contributed by atoms with E-state index in [0.717, 1.165) is 21.8 Å². The number of nitrogens with zero attached hydrogens (tertiary/aromatic N) is 2. The van der Waals surface area contributed by atoms with Gasteiger partial charge in [-0.1, -0.05) is 40.2 Å². The van der Waals surface area contributed by atoms with Crippen LogP contribution in [-0.4, -0.2) is 29.8 Å². The maximum Gasteiger partial charge on any atom is 0.293 e. The van der Waals surface area contributed by atoms with Crippen molar-refractivity contribution in [3.05, 3.63) is 63.0 Å². The Hall–Kier alpha value is -2.76. The fourth-order valence-corrected chi connectivity index (χ4v) is 3.84. The molecule has 1 fully saturated rings. The Kier molecular flexibility index (Phi) is 6.39. The first-order valence-electron chi connectivity index (χ1n) is 8.20. The summed E-state index contributed by atoms with van der Waals surface area (Å²) in [6.45, 7) is 0.108. The van der Waals surface area contributed by atoms with Crippen LogP contribution in [0.1, 0.15) is 11.1 Å². The summed E-state index contributed by atoms with van der Waals surface area (Å²) < 4.78 is 11.4. The van der Waals surface area contributed by atoms with Crippen LogP contribution >= 0.6 is 27.7 Å². The minimum Gasteiger partial charge on any atom is -0.493 e. The van der Waals surface area contributed by atoms with Crippen LogP contribution in [0.3, 0.4) is 0 Å². The summed E-state index contributed by atoms with van der Waals surface area (Å²) in [6.07, 6.45) is 1.64. The number of methoxy groups -OCH3 is 1. The maximum atomic E-state index is 12.7. The number of imide groups is 1. The first-order chi connectivity index (χ1) is 13.5. The van der Waals surface area contributed by atoms with E-state index in [4.69, 9.17) is 14.7 Å². The summed E-state index contributed by atoms with van der Waals surface area (Å²) in [5.74, 6) is 0.536. The van der Waals surface area contributed by atoms with Crippen molar-refractivity contribution in [3.8, 4) is 17.6 Å². The van der Waals surface area contributed by atoms with Gasteiger partial charge in [-0.3, -0.25) is 14.5 Å². The zero-order valence-corrected chi connectivity index (χ0v) is 17.2. The summed E-state index contributed by atoms with van der Waals surface area (Å²) >= 11 is 4.34. The molecule has 2 amide bonds. The third-order valence-electron chi connectivity index (χ3n) is 3.94. The summed E-state index contributed by atoms with van der Waals surface area (Å²) in [5, 5.41) is 8.32. The van der Waals surface area contributed by atoms with Gasteiger partial charge in [0, 0.05) is 4.47 Å². The maximum absolute atomic E-state index is 12.7. The van der Waals surface area contributed by atoms with Crippen LogP contribution in [0, 0.1) is 11.3 Å². The second-order valence-corrected chi connectivity index (χ2v) is 7.56. The van der Waals surface area contributed by atoms with Crippen LogP contribution in [0.25, 0.3) is 6.08 Å². The molecule has 0 saturated carbocycles. The standard InChI is InChI=1S/C20H15BrN2O4S/c1-26-17-10-13(6-7-16(17)27-9-8-22)11-18-19(24)23(20(25)28-18)12-14-4-2-3-5-15(14)21/h2-7,10-11H,9,12H2,1H3. The number of hydrogen-bond acceptors (Lipinski definition) is 6. The highest BCUT2D eigenvalue weighted by Gasteiger charge is 2.35. The Balaban J connectivity index is 1.81. The molecule has 3 rings (SSSR count). The first kappa shape index (κ1) is 20.0. The molecule has 142 valence electrons. The minimum atomic E-state index is -0.338. The van der Waals surface area contributed by atoms with E-state index >= 15 is 0 Å². The number of halogens is 1. The number of benzene rings is 2. The van der Waals surface area contributed by atoms with E-state index in [-0.39, 0.29) is 24.3 Å². The van der Waals surface area contributed by atoms with Gasteiger partial charge in [0.2, 0.25) is 0 Å². The smallest absolute Gasteiger partial charge is 0.293 e. The van der Waals surface area contributed by atoms with E-state index in [1.807, 2.05) is 30.3 Å². The van der Waals surface area contributed by atoms with E-state index in [2.05, 4.69) is 15.9 Å². The molecule has 0 aliphatic carbocycles. The molecule has 2 aromatic rings. The van der Waals surface area contributed by atoms with Crippen LogP contribution in [0.4, 0.5) is 4.79 Å². The van der Waals surface area contributed by atoms with Gasteiger partial charge < -0.3 is 9.47 Å². The number of nitriles is 1. The second kappa shape index (κ2) is 8.95. The molecule has 1 heterocycles. The number of hydrogen-bond donors (Lipinski definition) is 0. The fourth-order valence-electron chi connectivity index (χ4n) is 2.59. The van der Waals surface area contributed by atoms with Crippen molar-refractivity contribution >= 4 is 44.9 Å². The van der Waals surface area contributed by atoms with Gasteiger partial charge in [-0.25, -0.2) is 0 Å². The Morgan fingerprint density at radius 2 is 2.00 bits per heavy atom. The summed E-state index contributed by atoms with van der Waals surface area (Å²) in [4.78, 5) is 26.6. The van der Waals surface area contributed by atoms with Gasteiger partial charge in [-0.05, 0) is 47.2 Å². The number of amides is 2. The molecule has 6 nitrogen and oxygen atoms in total. The Morgan fingerprint density at radius 3 is 2.71 bits per heavy atom. The highest BCUT2D eigenvalue weighted by molar-refractivity contribution is 9.10. The molecule has 0 bridgehead atoms. The Bertz CT molecular complexity index is 1000. The quantitative estimate of drug-likeness (QED) is 0.588. The average molecular weight is 459 g/mol. The van der Waals surface area contributed by atoms with Crippen molar-refractivity contribution in [2.45, 2.75) is 6.54 Å². The van der Waals surface area contributed by atoms with Gasteiger partial charge in [0.05, 0.1) is 18.6 Å². The molecule has 1 saturated heterocycles. The normalized spacial score (nSPS) is 15.0. The van der Waals surface area contributed by atoms with Gasteiger partial charge in [0.15, 0.2) is 18.1 Å². The van der Waals surface area contributed by atoms with Crippen LogP contribution in [0.15, 0.2) is 51.8 Å². The third-order valence-corrected chi connectivity index (χ3v) is 5.62. The predicted octanol–water partition coefficient (Wildman–Crippen LogP) is 4.60. The number of ether oxygens (including phenoxy) is 2. The Morgan fingerprint density at radius 1 is 1.21 bits per heavy atom. The SMILES string of the molecule is COc1cc(C=C2SC(=O)N(Cc3ccccc3Br)C2=O)ccc1OCC#N. The van der Waals surface area contributed by atoms with Crippen LogP contribution in [-0.2, 0) is 11.3 Å². The zero-order valence-electron chi connectivity index (χ0n) is 14.8. The van der Waals surface area contributed by atoms with Crippen molar-refractivity contribution in [2.75, 3.05) is 13.7 Å². The lowest BCUT2D eigenvalue weighted by atomic mass is 10.1. The topological polar surface area (TPSA) is 79.6 Å². The Labute approximate surface area is 174 Å². The summed E-state index contributed by atoms with van der Waals surface area (Å²) in [5.41, 5.74) is 1.54. The van der Waals surface area contributed by atoms with Crippen molar-refractivity contribution in [1.82, 2.24) is 4.90 Å². The summed E-state index contributed by atoms with van der Waals surface area (Å²) in [7, 11) is 1.49. The van der Waals surface area contributed by atoms with Gasteiger partial charge in [0.25, 0.3) is 11.1 Å².